The molecule has 6 heteroatoms. The highest BCUT2D eigenvalue weighted by Gasteiger charge is 2.08. The minimum Gasteiger partial charge on any atom is -0.357 e. The van der Waals surface area contributed by atoms with Gasteiger partial charge in [-0.2, -0.15) is 4.98 Å². The number of nitrogens with zero attached hydrogens (tertiary/aromatic N) is 2. The lowest BCUT2D eigenvalue weighted by molar-refractivity contribution is 1.14. The molecule has 106 valence electrons. The molecule has 0 spiro atoms. The van der Waals surface area contributed by atoms with E-state index >= 15 is 0 Å². The van der Waals surface area contributed by atoms with Gasteiger partial charge in [-0.25, -0.2) is 4.98 Å². The Morgan fingerprint density at radius 3 is 2.48 bits per heavy atom. The molecule has 21 heavy (non-hydrogen) atoms. The number of anilines is 3. The summed E-state index contributed by atoms with van der Waals surface area (Å²) in [5, 5.41) is 8.58. The molecule has 0 aliphatic heterocycles. The van der Waals surface area contributed by atoms with Crippen LogP contribution < -0.4 is 10.6 Å². The highest BCUT2D eigenvalue weighted by Crippen LogP contribution is 2.33. The molecule has 3 rings (SSSR count). The Labute approximate surface area is 139 Å². The number of halogens is 2. The van der Waals surface area contributed by atoms with E-state index in [0.29, 0.717) is 5.95 Å². The number of fused-ring (bicyclic) bond motifs is 1. The minimum atomic E-state index is 0.571. The van der Waals surface area contributed by atoms with E-state index in [-0.39, 0.29) is 0 Å². The van der Waals surface area contributed by atoms with Crippen molar-refractivity contribution in [3.8, 4) is 0 Å². The normalized spacial score (nSPS) is 10.6. The van der Waals surface area contributed by atoms with Crippen LogP contribution in [0.25, 0.3) is 10.8 Å². The fourth-order valence-corrected chi connectivity index (χ4v) is 2.84. The van der Waals surface area contributed by atoms with Gasteiger partial charge in [-0.15, -0.1) is 0 Å². The lowest BCUT2D eigenvalue weighted by atomic mass is 10.1. The van der Waals surface area contributed by atoms with Gasteiger partial charge in [-0.3, -0.25) is 0 Å². The van der Waals surface area contributed by atoms with Gasteiger partial charge in [0.05, 0.1) is 4.47 Å². The van der Waals surface area contributed by atoms with Crippen molar-refractivity contribution in [3.63, 3.8) is 0 Å². The zero-order chi connectivity index (χ0) is 14.8. The van der Waals surface area contributed by atoms with Gasteiger partial charge >= 0.3 is 0 Å². The van der Waals surface area contributed by atoms with E-state index in [9.17, 15) is 0 Å². The van der Waals surface area contributed by atoms with Crippen LogP contribution in [0.3, 0.4) is 0 Å². The molecule has 4 nitrogen and oxygen atoms in total. The molecule has 0 saturated carbocycles. The molecular weight excluding hydrogens is 396 g/mol. The summed E-state index contributed by atoms with van der Waals surface area (Å²) in [4.78, 5) is 8.58. The second-order valence-electron chi connectivity index (χ2n) is 4.41. The van der Waals surface area contributed by atoms with Crippen LogP contribution in [0.4, 0.5) is 17.5 Å². The van der Waals surface area contributed by atoms with Crippen LogP contribution in [-0.2, 0) is 0 Å². The molecule has 0 bridgehead atoms. The first-order chi connectivity index (χ1) is 10.2. The molecule has 0 fully saturated rings. The van der Waals surface area contributed by atoms with Gasteiger partial charge in [0, 0.05) is 28.8 Å². The second-order valence-corrected chi connectivity index (χ2v) is 6.11. The van der Waals surface area contributed by atoms with E-state index in [1.807, 2.05) is 24.3 Å². The Bertz CT molecular complexity index is 805. The first-order valence-electron chi connectivity index (χ1n) is 6.33. The third-order valence-corrected chi connectivity index (χ3v) is 4.36. The molecule has 2 aromatic carbocycles. The quantitative estimate of drug-likeness (QED) is 0.645. The van der Waals surface area contributed by atoms with Crippen molar-refractivity contribution in [2.24, 2.45) is 0 Å². The summed E-state index contributed by atoms with van der Waals surface area (Å²) in [6.07, 6.45) is 1.72. The van der Waals surface area contributed by atoms with Crippen LogP contribution in [-0.4, -0.2) is 17.0 Å². The predicted molar refractivity (Wildman–Crippen MR) is 94.2 cm³/mol. The summed E-state index contributed by atoms with van der Waals surface area (Å²) in [7, 11) is 1.79. The Morgan fingerprint density at radius 1 is 0.952 bits per heavy atom. The molecule has 0 unspecified atom stereocenters. The number of rotatable bonds is 3. The maximum absolute atomic E-state index is 4.42. The zero-order valence-corrected chi connectivity index (χ0v) is 14.4. The number of aromatic nitrogens is 2. The predicted octanol–water partition coefficient (Wildman–Crippen LogP) is 4.94. The smallest absolute Gasteiger partial charge is 0.224 e. The zero-order valence-electron chi connectivity index (χ0n) is 11.2. The third-order valence-electron chi connectivity index (χ3n) is 3.09. The van der Waals surface area contributed by atoms with Crippen LogP contribution >= 0.6 is 31.9 Å². The van der Waals surface area contributed by atoms with E-state index in [4.69, 9.17) is 0 Å². The maximum atomic E-state index is 4.42. The van der Waals surface area contributed by atoms with Crippen molar-refractivity contribution in [1.29, 1.82) is 0 Å². The van der Waals surface area contributed by atoms with Gasteiger partial charge in [-0.1, -0.05) is 40.2 Å². The van der Waals surface area contributed by atoms with E-state index in [1.165, 1.54) is 0 Å². The number of hydrogen-bond acceptors (Lipinski definition) is 4. The molecule has 0 amide bonds. The van der Waals surface area contributed by atoms with E-state index in [2.05, 4.69) is 64.6 Å². The average Bonchev–Trinajstić information content (AvgIpc) is 2.52. The van der Waals surface area contributed by atoms with E-state index < -0.39 is 0 Å². The Hall–Kier alpha value is -1.66. The van der Waals surface area contributed by atoms with Crippen molar-refractivity contribution in [2.45, 2.75) is 0 Å². The Balaban J connectivity index is 2.08. The monoisotopic (exact) mass is 406 g/mol. The molecule has 1 aromatic heterocycles. The third kappa shape index (κ3) is 2.87. The first kappa shape index (κ1) is 14.3. The van der Waals surface area contributed by atoms with Crippen LogP contribution in [0.5, 0.6) is 0 Å². The second kappa shape index (κ2) is 5.99. The van der Waals surface area contributed by atoms with Crippen LogP contribution in [0.1, 0.15) is 0 Å². The van der Waals surface area contributed by atoms with Gasteiger partial charge in [0.15, 0.2) is 0 Å². The van der Waals surface area contributed by atoms with E-state index in [0.717, 1.165) is 31.2 Å². The summed E-state index contributed by atoms with van der Waals surface area (Å²) in [5.74, 6) is 1.30. The summed E-state index contributed by atoms with van der Waals surface area (Å²) >= 11 is 7.05. The molecule has 0 saturated heterocycles. The molecule has 3 aromatic rings. The first-order valence-corrected chi connectivity index (χ1v) is 7.92. The summed E-state index contributed by atoms with van der Waals surface area (Å²) < 4.78 is 1.88. The average molecular weight is 408 g/mol. The summed E-state index contributed by atoms with van der Waals surface area (Å²) in [6, 6.07) is 12.3. The van der Waals surface area contributed by atoms with Crippen molar-refractivity contribution in [2.75, 3.05) is 17.7 Å². The van der Waals surface area contributed by atoms with Gasteiger partial charge in [-0.05, 0) is 33.4 Å². The highest BCUT2D eigenvalue weighted by molar-refractivity contribution is 9.11. The minimum absolute atomic E-state index is 0.571. The molecule has 0 atom stereocenters. The van der Waals surface area contributed by atoms with Crippen molar-refractivity contribution >= 4 is 60.1 Å². The molecule has 0 aliphatic carbocycles. The van der Waals surface area contributed by atoms with Crippen molar-refractivity contribution < 1.29 is 0 Å². The van der Waals surface area contributed by atoms with Gasteiger partial charge < -0.3 is 10.6 Å². The summed E-state index contributed by atoms with van der Waals surface area (Å²) in [6.45, 7) is 0. The van der Waals surface area contributed by atoms with Gasteiger partial charge in [0.2, 0.25) is 5.95 Å². The standard InChI is InChI=1S/C15H12Br2N4/c1-18-15-19-8-12(17)14(21-15)20-13-7-6-11(16)9-4-2-3-5-10(9)13/h2-8H,1H3,(H2,18,19,20,21). The Kier molecular flexibility index (Phi) is 4.07. The van der Waals surface area contributed by atoms with Gasteiger partial charge in [0.1, 0.15) is 5.82 Å². The molecular formula is C15H12Br2N4. The van der Waals surface area contributed by atoms with Crippen LogP contribution in [0.2, 0.25) is 0 Å². The van der Waals surface area contributed by atoms with Gasteiger partial charge in [0.25, 0.3) is 0 Å². The molecule has 1 heterocycles. The maximum Gasteiger partial charge on any atom is 0.224 e. The number of benzene rings is 2. The fourth-order valence-electron chi connectivity index (χ4n) is 2.07. The Morgan fingerprint density at radius 2 is 1.71 bits per heavy atom. The molecule has 2 N–H and O–H groups in total. The fraction of sp³-hybridized carbons (Fsp3) is 0.0667. The lowest BCUT2D eigenvalue weighted by Crippen LogP contribution is -2.01. The van der Waals surface area contributed by atoms with Crippen LogP contribution in [0, 0.1) is 0 Å². The number of nitrogens with one attached hydrogen (secondary N) is 2. The molecule has 0 aliphatic rings. The van der Waals surface area contributed by atoms with Crippen molar-refractivity contribution in [1.82, 2.24) is 9.97 Å². The molecule has 0 radical (unpaired) electrons. The van der Waals surface area contributed by atoms with Crippen LogP contribution in [0.15, 0.2) is 51.5 Å². The van der Waals surface area contributed by atoms with E-state index in [1.54, 1.807) is 13.2 Å². The number of hydrogen-bond donors (Lipinski definition) is 2. The largest absolute Gasteiger partial charge is 0.357 e. The lowest BCUT2D eigenvalue weighted by Gasteiger charge is -2.12. The highest BCUT2D eigenvalue weighted by atomic mass is 79.9. The van der Waals surface area contributed by atoms with Crippen molar-refractivity contribution in [3.05, 3.63) is 51.5 Å². The topological polar surface area (TPSA) is 49.8 Å². The summed E-state index contributed by atoms with van der Waals surface area (Å²) in [5.41, 5.74) is 0.996. The SMILES string of the molecule is CNc1ncc(Br)c(Nc2ccc(Br)c3ccccc23)n1.